The molecule has 108 valence electrons. The summed E-state index contributed by atoms with van der Waals surface area (Å²) in [7, 11) is 0. The summed E-state index contributed by atoms with van der Waals surface area (Å²) in [4.78, 5) is 16.6. The maximum Gasteiger partial charge on any atom is 0.137 e. The summed E-state index contributed by atoms with van der Waals surface area (Å²) >= 11 is 6.03. The second-order valence-electron chi connectivity index (χ2n) is 4.76. The van der Waals surface area contributed by atoms with Gasteiger partial charge < -0.3 is 14.8 Å². The Labute approximate surface area is 122 Å². The number of carbonyl (C=O) groups is 1. The molecule has 5 nitrogen and oxygen atoms in total. The van der Waals surface area contributed by atoms with Crippen molar-refractivity contribution < 1.29 is 14.8 Å². The Bertz CT molecular complexity index is 620. The number of halogens is 1. The molecule has 2 heterocycles. The van der Waals surface area contributed by atoms with Gasteiger partial charge in [0, 0.05) is 18.6 Å². The van der Waals surface area contributed by atoms with E-state index in [1.807, 2.05) is 4.40 Å². The summed E-state index contributed by atoms with van der Waals surface area (Å²) in [6.07, 6.45) is 1.61. The van der Waals surface area contributed by atoms with E-state index in [-0.39, 0.29) is 6.42 Å². The minimum absolute atomic E-state index is 0.171. The highest BCUT2D eigenvalue weighted by Crippen LogP contribution is 2.16. The molecule has 0 saturated carbocycles. The number of quaternary nitrogens is 1. The number of carbonyl (C=O) groups excluding carboxylic acids is 1. The van der Waals surface area contributed by atoms with E-state index in [0.29, 0.717) is 16.4 Å². The minimum Gasteiger partial charge on any atom is -0.550 e. The van der Waals surface area contributed by atoms with Gasteiger partial charge in [0.1, 0.15) is 17.9 Å². The molecule has 0 fully saturated rings. The van der Waals surface area contributed by atoms with Crippen molar-refractivity contribution in [3.63, 3.8) is 0 Å². The Morgan fingerprint density at radius 2 is 2.10 bits per heavy atom. The summed E-state index contributed by atoms with van der Waals surface area (Å²) in [5.41, 5.74) is 2.17. The summed E-state index contributed by atoms with van der Waals surface area (Å²) in [5, 5.41) is 11.5. The zero-order chi connectivity index (χ0) is 14.7. The Morgan fingerprint density at radius 1 is 1.40 bits per heavy atom. The van der Waals surface area contributed by atoms with Gasteiger partial charge in [-0.25, -0.2) is 4.98 Å². The summed E-state index contributed by atoms with van der Waals surface area (Å²) < 4.78 is 1.88. The van der Waals surface area contributed by atoms with Gasteiger partial charge in [0.15, 0.2) is 0 Å². The molecule has 2 rings (SSSR count). The first-order valence-electron chi connectivity index (χ1n) is 6.73. The van der Waals surface area contributed by atoms with E-state index in [9.17, 15) is 9.90 Å². The van der Waals surface area contributed by atoms with Crippen LogP contribution in [0.3, 0.4) is 0 Å². The smallest absolute Gasteiger partial charge is 0.137 e. The van der Waals surface area contributed by atoms with Gasteiger partial charge in [-0.15, -0.1) is 0 Å². The quantitative estimate of drug-likeness (QED) is 0.796. The van der Waals surface area contributed by atoms with Gasteiger partial charge in [0.2, 0.25) is 0 Å². The van der Waals surface area contributed by atoms with Crippen molar-refractivity contribution in [2.45, 2.75) is 26.8 Å². The average Bonchev–Trinajstić information content (AvgIpc) is 2.72. The predicted molar refractivity (Wildman–Crippen MR) is 74.7 cm³/mol. The van der Waals surface area contributed by atoms with E-state index < -0.39 is 5.97 Å². The van der Waals surface area contributed by atoms with Gasteiger partial charge in [-0.3, -0.25) is 4.40 Å². The van der Waals surface area contributed by atoms with Crippen LogP contribution in [0.15, 0.2) is 18.3 Å². The fourth-order valence-corrected chi connectivity index (χ4v) is 2.48. The highest BCUT2D eigenvalue weighted by Gasteiger charge is 2.17. The number of hydrogen-bond acceptors (Lipinski definition) is 3. The first-order chi connectivity index (χ1) is 9.55. The van der Waals surface area contributed by atoms with E-state index in [0.717, 1.165) is 25.3 Å². The number of nitrogens with one attached hydrogen (secondary N) is 1. The number of carboxylic acid groups (broad SMARTS) is 1. The van der Waals surface area contributed by atoms with Crippen LogP contribution in [-0.2, 0) is 17.8 Å². The van der Waals surface area contributed by atoms with Crippen molar-refractivity contribution in [2.24, 2.45) is 0 Å². The van der Waals surface area contributed by atoms with Crippen LogP contribution in [0.1, 0.15) is 25.2 Å². The number of imidazole rings is 1. The minimum atomic E-state index is -1.12. The lowest BCUT2D eigenvalue weighted by Gasteiger charge is -2.16. The monoisotopic (exact) mass is 295 g/mol. The first kappa shape index (κ1) is 14.8. The largest absolute Gasteiger partial charge is 0.550 e. The zero-order valence-corrected chi connectivity index (χ0v) is 12.4. The number of pyridine rings is 1. The number of rotatable bonds is 6. The van der Waals surface area contributed by atoms with E-state index in [2.05, 4.69) is 18.8 Å². The summed E-state index contributed by atoms with van der Waals surface area (Å²) in [6.45, 7) is 6.86. The van der Waals surface area contributed by atoms with Crippen LogP contribution in [0, 0.1) is 0 Å². The molecule has 0 radical (unpaired) electrons. The molecule has 0 aromatic carbocycles. The number of nitrogens with zero attached hydrogens (tertiary/aromatic N) is 2. The van der Waals surface area contributed by atoms with Gasteiger partial charge in [-0.05, 0) is 26.0 Å². The van der Waals surface area contributed by atoms with Crippen molar-refractivity contribution >= 4 is 23.2 Å². The van der Waals surface area contributed by atoms with E-state index in [1.165, 1.54) is 4.90 Å². The van der Waals surface area contributed by atoms with E-state index in [4.69, 9.17) is 11.6 Å². The van der Waals surface area contributed by atoms with Crippen LogP contribution in [0.2, 0.25) is 5.02 Å². The molecule has 0 aliphatic heterocycles. The molecule has 0 atom stereocenters. The van der Waals surface area contributed by atoms with Crippen molar-refractivity contribution in [3.05, 3.63) is 34.7 Å². The van der Waals surface area contributed by atoms with Crippen LogP contribution in [0.25, 0.3) is 5.65 Å². The maximum absolute atomic E-state index is 10.9. The van der Waals surface area contributed by atoms with Crippen molar-refractivity contribution in [1.29, 1.82) is 0 Å². The molecule has 0 saturated heterocycles. The van der Waals surface area contributed by atoms with Gasteiger partial charge in [0.05, 0.1) is 23.8 Å². The zero-order valence-electron chi connectivity index (χ0n) is 11.6. The van der Waals surface area contributed by atoms with Crippen LogP contribution in [0.4, 0.5) is 0 Å². The topological polar surface area (TPSA) is 61.9 Å². The standard InChI is InChI=1S/C14H18ClN3O2/c1-3-17(4-2)9-12-11(7-14(19)20)16-13-6-5-10(15)8-18(12)13/h5-6,8H,3-4,7,9H2,1-2H3,(H,19,20). The molecule has 20 heavy (non-hydrogen) atoms. The fourth-order valence-electron chi connectivity index (χ4n) is 2.32. The molecular weight excluding hydrogens is 278 g/mol. The number of aromatic nitrogens is 2. The third-order valence-electron chi connectivity index (χ3n) is 3.49. The first-order valence-corrected chi connectivity index (χ1v) is 7.11. The fraction of sp³-hybridized carbons (Fsp3) is 0.429. The Morgan fingerprint density at radius 3 is 2.70 bits per heavy atom. The molecular formula is C14H18ClN3O2. The molecule has 0 unspecified atom stereocenters. The lowest BCUT2D eigenvalue weighted by Crippen LogP contribution is -3.10. The highest BCUT2D eigenvalue weighted by atomic mass is 35.5. The van der Waals surface area contributed by atoms with Gasteiger partial charge in [0.25, 0.3) is 0 Å². The second kappa shape index (κ2) is 6.24. The molecule has 0 aliphatic rings. The predicted octanol–water partition coefficient (Wildman–Crippen LogP) is -0.295. The molecule has 0 bridgehead atoms. The highest BCUT2D eigenvalue weighted by molar-refractivity contribution is 6.30. The van der Waals surface area contributed by atoms with Gasteiger partial charge >= 0.3 is 0 Å². The summed E-state index contributed by atoms with van der Waals surface area (Å²) in [5.74, 6) is -1.12. The second-order valence-corrected chi connectivity index (χ2v) is 5.20. The molecule has 1 N–H and O–H groups in total. The van der Waals surface area contributed by atoms with Crippen molar-refractivity contribution in [2.75, 3.05) is 13.1 Å². The van der Waals surface area contributed by atoms with Gasteiger partial charge in [-0.2, -0.15) is 0 Å². The van der Waals surface area contributed by atoms with Crippen LogP contribution >= 0.6 is 11.6 Å². The average molecular weight is 296 g/mol. The van der Waals surface area contributed by atoms with Crippen LogP contribution in [0.5, 0.6) is 0 Å². The molecule has 6 heteroatoms. The molecule has 0 spiro atoms. The lowest BCUT2D eigenvalue weighted by molar-refractivity contribution is -0.910. The maximum atomic E-state index is 10.9. The lowest BCUT2D eigenvalue weighted by atomic mass is 10.2. The number of hydrogen-bond donors (Lipinski definition) is 1. The normalized spacial score (nSPS) is 11.4. The van der Waals surface area contributed by atoms with Crippen molar-refractivity contribution in [1.82, 2.24) is 9.38 Å². The Hall–Kier alpha value is -1.59. The number of carboxylic acids is 1. The third kappa shape index (κ3) is 3.11. The van der Waals surface area contributed by atoms with Crippen molar-refractivity contribution in [3.8, 4) is 0 Å². The van der Waals surface area contributed by atoms with E-state index >= 15 is 0 Å². The molecule has 0 aliphatic carbocycles. The molecule has 0 amide bonds. The van der Waals surface area contributed by atoms with Crippen LogP contribution < -0.4 is 10.0 Å². The molecule has 2 aromatic heterocycles. The van der Waals surface area contributed by atoms with Gasteiger partial charge in [-0.1, -0.05) is 11.6 Å². The number of fused-ring (bicyclic) bond motifs is 1. The molecule has 2 aromatic rings. The summed E-state index contributed by atoms with van der Waals surface area (Å²) in [6, 6.07) is 3.54. The third-order valence-corrected chi connectivity index (χ3v) is 3.72. The Kier molecular flexibility index (Phi) is 4.62. The van der Waals surface area contributed by atoms with Crippen LogP contribution in [-0.4, -0.2) is 28.4 Å². The SMILES string of the molecule is CC[NH+](CC)Cc1c(CC(=O)[O-])nc2ccc(Cl)cn12. The number of aliphatic carboxylic acids is 1. The van der Waals surface area contributed by atoms with E-state index in [1.54, 1.807) is 18.3 Å². The Balaban J connectivity index is 2.50.